The van der Waals surface area contributed by atoms with Gasteiger partial charge in [0.1, 0.15) is 18.3 Å². The smallest absolute Gasteiger partial charge is 0.340 e. The van der Waals surface area contributed by atoms with Crippen LogP contribution in [0, 0.1) is 34.0 Å². The van der Waals surface area contributed by atoms with E-state index in [4.69, 9.17) is 18.9 Å². The molecule has 2 saturated carbocycles. The Kier molecular flexibility index (Phi) is 3.06. The first kappa shape index (κ1) is 19.0. The molecule has 30 heavy (non-hydrogen) atoms. The summed E-state index contributed by atoms with van der Waals surface area (Å²) in [6.45, 7) is 7.05. The molecule has 4 saturated heterocycles. The van der Waals surface area contributed by atoms with Crippen molar-refractivity contribution in [1.82, 2.24) is 0 Å². The normalized spacial score (nSPS) is 60.1. The zero-order chi connectivity index (χ0) is 21.8. The standard InChI is InChI=1S/C20H24O10/c1-5-6-8(27-13(5)24)10(22)19-12-7(21)9(17(2,3)4)18(19)11(23)14(25)29-16(18)30-20(6,19)15(26)28-12/h5-12,16,21-23H,1-4H3/t5-,6-,7+,8+,9?,10?,11?,12+,16-,18?,19?,20+/m0/s1. The average molecular weight is 424 g/mol. The maximum absolute atomic E-state index is 13.3. The number of fused-ring (bicyclic) bond motifs is 1. The van der Waals surface area contributed by atoms with E-state index in [9.17, 15) is 29.7 Å². The van der Waals surface area contributed by atoms with Gasteiger partial charge in [-0.15, -0.1) is 0 Å². The summed E-state index contributed by atoms with van der Waals surface area (Å²) in [5, 5.41) is 34.2. The van der Waals surface area contributed by atoms with E-state index in [-0.39, 0.29) is 0 Å². The predicted molar refractivity (Wildman–Crippen MR) is 91.9 cm³/mol. The summed E-state index contributed by atoms with van der Waals surface area (Å²) in [7, 11) is 0. The molecule has 0 radical (unpaired) electrons. The Morgan fingerprint density at radius 2 is 1.63 bits per heavy atom. The third-order valence-corrected chi connectivity index (χ3v) is 8.76. The maximum atomic E-state index is 13.3. The highest BCUT2D eigenvalue weighted by atomic mass is 16.7. The fourth-order valence-electron chi connectivity index (χ4n) is 8.28. The summed E-state index contributed by atoms with van der Waals surface area (Å²) in [4.78, 5) is 38.2. The predicted octanol–water partition coefficient (Wildman–Crippen LogP) is -1.51. The number of hydrogen-bond donors (Lipinski definition) is 3. The van der Waals surface area contributed by atoms with Crippen LogP contribution in [0.5, 0.6) is 0 Å². The first-order valence-electron chi connectivity index (χ1n) is 10.2. The Hall–Kier alpha value is -1.75. The molecule has 6 fully saturated rings. The quantitative estimate of drug-likeness (QED) is 0.309. The second kappa shape index (κ2) is 4.85. The molecule has 0 bridgehead atoms. The number of aliphatic hydroxyl groups excluding tert-OH is 3. The van der Waals surface area contributed by atoms with Crippen LogP contribution >= 0.6 is 0 Å². The third kappa shape index (κ3) is 1.40. The van der Waals surface area contributed by atoms with Gasteiger partial charge in [0.25, 0.3) is 0 Å². The van der Waals surface area contributed by atoms with E-state index in [2.05, 4.69) is 0 Å². The van der Waals surface area contributed by atoms with Crippen LogP contribution in [0.3, 0.4) is 0 Å². The highest BCUT2D eigenvalue weighted by Crippen LogP contribution is 2.83. The topological polar surface area (TPSA) is 149 Å². The molecule has 12 atom stereocenters. The first-order valence-corrected chi connectivity index (χ1v) is 10.2. The second-order valence-electron chi connectivity index (χ2n) is 10.6. The molecule has 4 aliphatic heterocycles. The Labute approximate surface area is 171 Å². The molecule has 10 heteroatoms. The van der Waals surface area contributed by atoms with Crippen molar-refractivity contribution in [3.05, 3.63) is 0 Å². The van der Waals surface area contributed by atoms with Crippen molar-refractivity contribution >= 4 is 17.9 Å². The molecule has 3 N–H and O–H groups in total. The number of ether oxygens (including phenoxy) is 4. The number of carbonyl (C=O) groups is 3. The summed E-state index contributed by atoms with van der Waals surface area (Å²) in [6.07, 6.45) is -8.29. The molecule has 4 heterocycles. The highest BCUT2D eigenvalue weighted by Gasteiger charge is 3.01. The highest BCUT2D eigenvalue weighted by molar-refractivity contribution is 5.92. The molecule has 10 nitrogen and oxygen atoms in total. The van der Waals surface area contributed by atoms with Crippen molar-refractivity contribution < 1.29 is 48.7 Å². The fourth-order valence-corrected chi connectivity index (χ4v) is 8.28. The van der Waals surface area contributed by atoms with Crippen molar-refractivity contribution in [3.8, 4) is 0 Å². The SMILES string of the molecule is C[C@@H]1C(=O)O[C@H]2C(O)C34[C@@H]5OC(=O)[C@]3(O[C@@H]3OC(=O)C(O)C34C(C(C)(C)C)[C@H]5O)[C@@H]12. The number of rotatable bonds is 0. The van der Waals surface area contributed by atoms with E-state index in [0.29, 0.717) is 0 Å². The lowest BCUT2D eigenvalue weighted by atomic mass is 9.51. The molecule has 0 aromatic heterocycles. The van der Waals surface area contributed by atoms with Crippen LogP contribution in [-0.2, 0) is 33.3 Å². The van der Waals surface area contributed by atoms with Crippen LogP contribution in [0.2, 0.25) is 0 Å². The Bertz CT molecular complexity index is 910. The maximum Gasteiger partial charge on any atom is 0.340 e. The molecule has 6 rings (SSSR count). The molecule has 0 amide bonds. The van der Waals surface area contributed by atoms with Gasteiger partial charge in [-0.2, -0.15) is 0 Å². The van der Waals surface area contributed by atoms with Gasteiger partial charge in [0.2, 0.25) is 6.29 Å². The minimum atomic E-state index is -1.89. The number of aliphatic hydroxyl groups is 3. The van der Waals surface area contributed by atoms with E-state index >= 15 is 0 Å². The second-order valence-corrected chi connectivity index (χ2v) is 10.6. The van der Waals surface area contributed by atoms with Gasteiger partial charge in [-0.1, -0.05) is 27.7 Å². The first-order chi connectivity index (χ1) is 13.9. The van der Waals surface area contributed by atoms with E-state index in [0.717, 1.165) is 0 Å². The molecule has 2 aliphatic carbocycles. The van der Waals surface area contributed by atoms with Gasteiger partial charge in [0, 0.05) is 5.92 Å². The van der Waals surface area contributed by atoms with Crippen molar-refractivity contribution in [2.75, 3.05) is 0 Å². The van der Waals surface area contributed by atoms with Gasteiger partial charge in [0.05, 0.1) is 28.8 Å². The summed E-state index contributed by atoms with van der Waals surface area (Å²) >= 11 is 0. The molecule has 2 spiro atoms. The van der Waals surface area contributed by atoms with Crippen LogP contribution in [0.15, 0.2) is 0 Å². The van der Waals surface area contributed by atoms with Crippen LogP contribution in [0.4, 0.5) is 0 Å². The molecule has 5 unspecified atom stereocenters. The molecular weight excluding hydrogens is 400 g/mol. The van der Waals surface area contributed by atoms with Crippen LogP contribution in [0.25, 0.3) is 0 Å². The Balaban J connectivity index is 1.71. The van der Waals surface area contributed by atoms with E-state index in [1.54, 1.807) is 6.92 Å². The summed E-state index contributed by atoms with van der Waals surface area (Å²) in [6, 6.07) is 0. The summed E-state index contributed by atoms with van der Waals surface area (Å²) in [5.41, 5.74) is -5.96. The van der Waals surface area contributed by atoms with Crippen molar-refractivity contribution in [2.24, 2.45) is 34.0 Å². The van der Waals surface area contributed by atoms with Crippen LogP contribution in [0.1, 0.15) is 27.7 Å². The van der Waals surface area contributed by atoms with Gasteiger partial charge < -0.3 is 34.3 Å². The van der Waals surface area contributed by atoms with Crippen LogP contribution < -0.4 is 0 Å². The van der Waals surface area contributed by atoms with E-state index in [1.165, 1.54) is 0 Å². The van der Waals surface area contributed by atoms with Crippen molar-refractivity contribution in [2.45, 2.75) is 70.1 Å². The number of hydrogen-bond acceptors (Lipinski definition) is 10. The zero-order valence-corrected chi connectivity index (χ0v) is 16.9. The minimum absolute atomic E-state index is 0.581. The lowest BCUT2D eigenvalue weighted by Gasteiger charge is -2.47. The lowest BCUT2D eigenvalue weighted by Crippen LogP contribution is -2.63. The molecular formula is C20H24O10. The van der Waals surface area contributed by atoms with Gasteiger partial charge in [-0.3, -0.25) is 4.79 Å². The lowest BCUT2D eigenvalue weighted by molar-refractivity contribution is -0.208. The third-order valence-electron chi connectivity index (χ3n) is 8.76. The van der Waals surface area contributed by atoms with Crippen molar-refractivity contribution in [1.29, 1.82) is 0 Å². The molecule has 6 aliphatic rings. The van der Waals surface area contributed by atoms with Gasteiger partial charge >= 0.3 is 17.9 Å². The number of carbonyl (C=O) groups excluding carboxylic acids is 3. The summed E-state index contributed by atoms with van der Waals surface area (Å²) < 4.78 is 22.7. The van der Waals surface area contributed by atoms with E-state index in [1.807, 2.05) is 20.8 Å². The average Bonchev–Trinajstić information content (AvgIpc) is 3.34. The molecule has 0 aromatic carbocycles. The van der Waals surface area contributed by atoms with Crippen molar-refractivity contribution in [3.63, 3.8) is 0 Å². The molecule has 164 valence electrons. The molecule has 0 aromatic rings. The van der Waals surface area contributed by atoms with Gasteiger partial charge in [-0.05, 0) is 5.41 Å². The zero-order valence-electron chi connectivity index (χ0n) is 16.9. The van der Waals surface area contributed by atoms with Gasteiger partial charge in [-0.25, -0.2) is 9.59 Å². The van der Waals surface area contributed by atoms with E-state index < -0.39 is 94.3 Å². The Morgan fingerprint density at radius 1 is 0.967 bits per heavy atom. The van der Waals surface area contributed by atoms with Gasteiger partial charge in [0.15, 0.2) is 11.7 Å². The summed E-state index contributed by atoms with van der Waals surface area (Å²) in [5.74, 6) is -4.90. The number of esters is 3. The largest absolute Gasteiger partial charge is 0.459 e. The Morgan fingerprint density at radius 3 is 2.27 bits per heavy atom. The monoisotopic (exact) mass is 424 g/mol. The minimum Gasteiger partial charge on any atom is -0.459 e. The van der Waals surface area contributed by atoms with Crippen LogP contribution in [-0.4, -0.2) is 75.6 Å². The fraction of sp³-hybridized carbons (Fsp3) is 0.850.